The molecule has 0 spiro atoms. The van der Waals surface area contributed by atoms with Crippen LogP contribution in [0.2, 0.25) is 10.0 Å². The van der Waals surface area contributed by atoms with E-state index in [1.165, 1.54) is 29.7 Å². The number of carboxylic acid groups (broad SMARTS) is 1. The Labute approximate surface area is 149 Å². The molecule has 2 aromatic rings. The lowest BCUT2D eigenvalue weighted by molar-refractivity contribution is -0.145. The molecule has 0 amide bonds. The van der Waals surface area contributed by atoms with Crippen LogP contribution in [0.5, 0.6) is 5.75 Å². The highest BCUT2D eigenvalue weighted by atomic mass is 35.5. The number of hydrogen-bond acceptors (Lipinski definition) is 3. The molecule has 1 aromatic carbocycles. The molecule has 0 saturated carbocycles. The summed E-state index contributed by atoms with van der Waals surface area (Å²) in [6.07, 6.45) is 5.16. The molecule has 1 N–H and O–H groups in total. The first-order valence-electron chi connectivity index (χ1n) is 7.84. The van der Waals surface area contributed by atoms with E-state index in [1.54, 1.807) is 18.3 Å². The van der Waals surface area contributed by atoms with Crippen molar-refractivity contribution >= 4 is 50.6 Å². The highest BCUT2D eigenvalue weighted by Gasteiger charge is 2.23. The van der Waals surface area contributed by atoms with E-state index in [0.29, 0.717) is 22.2 Å². The van der Waals surface area contributed by atoms with Gasteiger partial charge in [0.15, 0.2) is 6.10 Å². The summed E-state index contributed by atoms with van der Waals surface area (Å²) >= 11 is 14.5. The molecular formula is C17H18Cl2O3S. The number of carboxylic acids is 1. The average molecular weight is 373 g/mol. The van der Waals surface area contributed by atoms with Gasteiger partial charge < -0.3 is 9.84 Å². The Balaban J connectivity index is 2.10. The number of thiophene rings is 1. The van der Waals surface area contributed by atoms with Crippen LogP contribution in [0.4, 0.5) is 0 Å². The molecule has 0 saturated heterocycles. The number of aliphatic carboxylic acids is 1. The molecule has 1 aliphatic rings. The van der Waals surface area contributed by atoms with Crippen LogP contribution in [0.15, 0.2) is 6.07 Å². The number of fused-ring (bicyclic) bond motifs is 3. The smallest absolute Gasteiger partial charge is 0.344 e. The van der Waals surface area contributed by atoms with E-state index in [-0.39, 0.29) is 0 Å². The van der Waals surface area contributed by atoms with Gasteiger partial charge in [0.05, 0.1) is 9.72 Å². The highest BCUT2D eigenvalue weighted by molar-refractivity contribution is 7.20. The Morgan fingerprint density at radius 3 is 2.74 bits per heavy atom. The molecule has 3 rings (SSSR count). The van der Waals surface area contributed by atoms with E-state index in [2.05, 4.69) is 0 Å². The van der Waals surface area contributed by atoms with Crippen LogP contribution in [0.1, 0.15) is 43.0 Å². The summed E-state index contributed by atoms with van der Waals surface area (Å²) < 4.78 is 6.61. The molecule has 1 aromatic heterocycles. The lowest BCUT2D eigenvalue weighted by atomic mass is 10.1. The van der Waals surface area contributed by atoms with Gasteiger partial charge in [-0.2, -0.15) is 0 Å². The van der Waals surface area contributed by atoms with Crippen molar-refractivity contribution in [2.45, 2.75) is 51.6 Å². The molecule has 0 fully saturated rings. The molecule has 0 bridgehead atoms. The van der Waals surface area contributed by atoms with Crippen LogP contribution in [0, 0.1) is 0 Å². The second kappa shape index (κ2) is 6.88. The minimum absolute atomic E-state index is 0.301. The third-order valence-electron chi connectivity index (χ3n) is 4.26. The maximum atomic E-state index is 11.2. The fourth-order valence-electron chi connectivity index (χ4n) is 3.03. The largest absolute Gasteiger partial charge is 0.479 e. The predicted octanol–water partition coefficient (Wildman–Crippen LogP) is 5.72. The minimum Gasteiger partial charge on any atom is -0.479 e. The molecule has 1 atom stereocenters. The molecule has 3 nitrogen and oxygen atoms in total. The van der Waals surface area contributed by atoms with E-state index in [9.17, 15) is 9.90 Å². The normalized spacial score (nSPS) is 16.0. The maximum Gasteiger partial charge on any atom is 0.344 e. The zero-order valence-electron chi connectivity index (χ0n) is 12.8. The molecule has 0 radical (unpaired) electrons. The molecule has 1 unspecified atom stereocenters. The summed E-state index contributed by atoms with van der Waals surface area (Å²) in [7, 11) is 0. The summed E-state index contributed by atoms with van der Waals surface area (Å²) in [5.41, 5.74) is 1.33. The number of ether oxygens (including phenoxy) is 1. The standard InChI is InChI=1S/C17H18Cl2O3S/c1-2-11(17(20)21)22-12-8-10-9-6-4-3-5-7-13(9)23-16(10)15(19)14(12)18/h8,11H,2-7H2,1H3,(H,20,21). The van der Waals surface area contributed by atoms with Crippen molar-refractivity contribution < 1.29 is 14.6 Å². The Morgan fingerprint density at radius 1 is 1.30 bits per heavy atom. The molecular weight excluding hydrogens is 355 g/mol. The Morgan fingerprint density at radius 2 is 2.04 bits per heavy atom. The van der Waals surface area contributed by atoms with E-state index >= 15 is 0 Å². The first kappa shape index (κ1) is 16.9. The van der Waals surface area contributed by atoms with Crippen LogP contribution >= 0.6 is 34.5 Å². The molecule has 0 aliphatic heterocycles. The molecule has 23 heavy (non-hydrogen) atoms. The van der Waals surface area contributed by atoms with Crippen molar-refractivity contribution in [2.75, 3.05) is 0 Å². The summed E-state index contributed by atoms with van der Waals surface area (Å²) in [6.45, 7) is 1.77. The van der Waals surface area contributed by atoms with Gasteiger partial charge in [0.25, 0.3) is 0 Å². The molecule has 124 valence electrons. The lowest BCUT2D eigenvalue weighted by Crippen LogP contribution is -2.26. The fraction of sp³-hybridized carbons (Fsp3) is 0.471. The summed E-state index contributed by atoms with van der Waals surface area (Å²) in [6, 6.07) is 1.87. The monoisotopic (exact) mass is 372 g/mol. The quantitative estimate of drug-likeness (QED) is 0.698. The van der Waals surface area contributed by atoms with E-state index in [4.69, 9.17) is 27.9 Å². The topological polar surface area (TPSA) is 46.5 Å². The number of rotatable bonds is 4. The van der Waals surface area contributed by atoms with Crippen molar-refractivity contribution in [3.63, 3.8) is 0 Å². The first-order valence-corrected chi connectivity index (χ1v) is 9.41. The van der Waals surface area contributed by atoms with Crippen LogP contribution in [-0.2, 0) is 17.6 Å². The van der Waals surface area contributed by atoms with E-state index < -0.39 is 12.1 Å². The zero-order chi connectivity index (χ0) is 16.6. The summed E-state index contributed by atoms with van der Waals surface area (Å²) in [5, 5.41) is 11.0. The Hall–Kier alpha value is -0.970. The zero-order valence-corrected chi connectivity index (χ0v) is 15.2. The summed E-state index contributed by atoms with van der Waals surface area (Å²) in [4.78, 5) is 12.6. The van der Waals surface area contributed by atoms with Gasteiger partial charge in [-0.15, -0.1) is 11.3 Å². The van der Waals surface area contributed by atoms with Gasteiger partial charge in [-0.1, -0.05) is 36.5 Å². The van der Waals surface area contributed by atoms with Gasteiger partial charge in [-0.25, -0.2) is 4.79 Å². The van der Waals surface area contributed by atoms with Gasteiger partial charge in [0.2, 0.25) is 0 Å². The highest BCUT2D eigenvalue weighted by Crippen LogP contribution is 2.46. The lowest BCUT2D eigenvalue weighted by Gasteiger charge is -2.15. The number of carbonyl (C=O) groups is 1. The van der Waals surface area contributed by atoms with Gasteiger partial charge in [-0.3, -0.25) is 0 Å². The van der Waals surface area contributed by atoms with Crippen LogP contribution in [0.3, 0.4) is 0 Å². The third kappa shape index (κ3) is 3.17. The fourth-order valence-corrected chi connectivity index (χ4v) is 4.90. The molecule has 1 heterocycles. The van der Waals surface area contributed by atoms with Crippen molar-refractivity contribution in [3.8, 4) is 5.75 Å². The SMILES string of the molecule is CCC(Oc1cc2c3c(sc2c(Cl)c1Cl)CCCCC3)C(=O)O. The van der Waals surface area contributed by atoms with Crippen molar-refractivity contribution in [3.05, 3.63) is 26.6 Å². The maximum absolute atomic E-state index is 11.2. The van der Waals surface area contributed by atoms with Crippen LogP contribution in [-0.4, -0.2) is 17.2 Å². The van der Waals surface area contributed by atoms with Gasteiger partial charge in [0.1, 0.15) is 10.8 Å². The molecule has 1 aliphatic carbocycles. The van der Waals surface area contributed by atoms with Crippen LogP contribution < -0.4 is 4.74 Å². The average Bonchev–Trinajstić information content (AvgIpc) is 2.71. The van der Waals surface area contributed by atoms with E-state index in [0.717, 1.165) is 22.9 Å². The van der Waals surface area contributed by atoms with Crippen molar-refractivity contribution in [1.29, 1.82) is 0 Å². The Kier molecular flexibility index (Phi) is 5.04. The van der Waals surface area contributed by atoms with Gasteiger partial charge >= 0.3 is 5.97 Å². The first-order chi connectivity index (χ1) is 11.0. The van der Waals surface area contributed by atoms with Gasteiger partial charge in [-0.05, 0) is 43.7 Å². The second-order valence-electron chi connectivity index (χ2n) is 5.80. The minimum atomic E-state index is -0.996. The van der Waals surface area contributed by atoms with Gasteiger partial charge in [0, 0.05) is 10.3 Å². The van der Waals surface area contributed by atoms with Crippen LogP contribution in [0.25, 0.3) is 10.1 Å². The number of halogens is 2. The number of benzene rings is 1. The Bertz CT molecular complexity index is 754. The second-order valence-corrected chi connectivity index (χ2v) is 7.66. The summed E-state index contributed by atoms with van der Waals surface area (Å²) in [5.74, 6) is -0.632. The van der Waals surface area contributed by atoms with Crippen molar-refractivity contribution in [1.82, 2.24) is 0 Å². The number of aryl methyl sites for hydroxylation is 2. The third-order valence-corrected chi connectivity index (χ3v) is 6.55. The predicted molar refractivity (Wildman–Crippen MR) is 95.4 cm³/mol. The number of hydrogen-bond donors (Lipinski definition) is 1. The molecule has 6 heteroatoms. The van der Waals surface area contributed by atoms with E-state index in [1.807, 2.05) is 6.07 Å². The van der Waals surface area contributed by atoms with Crippen molar-refractivity contribution in [2.24, 2.45) is 0 Å².